The predicted molar refractivity (Wildman–Crippen MR) is 103 cm³/mol. The number of rotatable bonds is 2. The Morgan fingerprint density at radius 2 is 2.08 bits per heavy atom. The zero-order valence-electron chi connectivity index (χ0n) is 15.4. The molecule has 2 aromatic heterocycles. The minimum atomic E-state index is -0.472. The van der Waals surface area contributed by atoms with Crippen LogP contribution in [-0.2, 0) is 4.74 Å². The average Bonchev–Trinajstić information content (AvgIpc) is 3.23. The summed E-state index contributed by atoms with van der Waals surface area (Å²) in [5.41, 5.74) is 1.56. The Balaban J connectivity index is 1.54. The minimum absolute atomic E-state index is 0.161. The topological polar surface area (TPSA) is 70.2 Å². The summed E-state index contributed by atoms with van der Waals surface area (Å²) in [5, 5.41) is 5.71. The maximum Gasteiger partial charge on any atom is 0.410 e. The molecule has 136 valence electrons. The van der Waals surface area contributed by atoms with Crippen LogP contribution in [0.4, 0.5) is 10.6 Å². The summed E-state index contributed by atoms with van der Waals surface area (Å²) in [4.78, 5) is 22.1. The molecule has 0 spiro atoms. The molecule has 1 saturated heterocycles. The van der Waals surface area contributed by atoms with E-state index in [9.17, 15) is 4.79 Å². The molecule has 26 heavy (non-hydrogen) atoms. The number of nitrogens with zero attached hydrogens (tertiary/aromatic N) is 2. The fourth-order valence-corrected chi connectivity index (χ4v) is 3.43. The van der Waals surface area contributed by atoms with Gasteiger partial charge in [-0.2, -0.15) is 0 Å². The largest absolute Gasteiger partial charge is 0.444 e. The van der Waals surface area contributed by atoms with Crippen molar-refractivity contribution in [3.8, 4) is 0 Å². The SMILES string of the molecule is CC(C)(C)OC(=O)N1CCC(Nc2nc3ccccc3c3[nH]ccc23)C1. The number of hydrogen-bond donors (Lipinski definition) is 2. The lowest BCUT2D eigenvalue weighted by Crippen LogP contribution is -2.36. The molecule has 1 amide bonds. The maximum absolute atomic E-state index is 12.3. The first-order valence-electron chi connectivity index (χ1n) is 9.01. The van der Waals surface area contributed by atoms with Crippen molar-refractivity contribution >= 4 is 33.7 Å². The van der Waals surface area contributed by atoms with Crippen LogP contribution in [0.3, 0.4) is 0 Å². The minimum Gasteiger partial charge on any atom is -0.444 e. The third-order valence-electron chi connectivity index (χ3n) is 4.59. The highest BCUT2D eigenvalue weighted by atomic mass is 16.6. The zero-order valence-corrected chi connectivity index (χ0v) is 15.4. The van der Waals surface area contributed by atoms with E-state index >= 15 is 0 Å². The molecule has 0 aliphatic carbocycles. The van der Waals surface area contributed by atoms with Gasteiger partial charge in [-0.15, -0.1) is 0 Å². The highest BCUT2D eigenvalue weighted by Gasteiger charge is 2.30. The standard InChI is InChI=1S/C20H24N4O2/c1-20(2,3)26-19(25)24-11-9-13(12-24)22-18-15-8-10-21-17(15)14-6-4-5-7-16(14)23-18/h4-8,10,13,21H,9,11-12H2,1-3H3,(H,22,23). The molecule has 0 bridgehead atoms. The second-order valence-corrected chi connectivity index (χ2v) is 7.80. The number of fused-ring (bicyclic) bond motifs is 3. The van der Waals surface area contributed by atoms with Crippen molar-refractivity contribution in [2.45, 2.75) is 38.8 Å². The molecule has 0 radical (unpaired) electrons. The van der Waals surface area contributed by atoms with Crippen molar-refractivity contribution in [3.63, 3.8) is 0 Å². The molecular formula is C20H24N4O2. The number of carbonyl (C=O) groups is 1. The Morgan fingerprint density at radius 3 is 2.88 bits per heavy atom. The van der Waals surface area contributed by atoms with Gasteiger partial charge < -0.3 is 19.9 Å². The van der Waals surface area contributed by atoms with Gasteiger partial charge in [0.2, 0.25) is 0 Å². The first-order valence-corrected chi connectivity index (χ1v) is 9.01. The number of pyridine rings is 1. The smallest absolute Gasteiger partial charge is 0.410 e. The van der Waals surface area contributed by atoms with E-state index in [0.29, 0.717) is 13.1 Å². The quantitative estimate of drug-likeness (QED) is 0.727. The number of likely N-dealkylation sites (tertiary alicyclic amines) is 1. The van der Waals surface area contributed by atoms with E-state index in [1.165, 1.54) is 0 Å². The monoisotopic (exact) mass is 352 g/mol. The molecule has 2 N–H and O–H groups in total. The average molecular weight is 352 g/mol. The number of amides is 1. The van der Waals surface area contributed by atoms with E-state index in [-0.39, 0.29) is 12.1 Å². The van der Waals surface area contributed by atoms with Crippen LogP contribution in [0, 0.1) is 0 Å². The van der Waals surface area contributed by atoms with Gasteiger partial charge in [-0.3, -0.25) is 0 Å². The normalized spacial score (nSPS) is 17.8. The first kappa shape index (κ1) is 16.7. The number of hydrogen-bond acceptors (Lipinski definition) is 4. The van der Waals surface area contributed by atoms with E-state index < -0.39 is 5.60 Å². The van der Waals surface area contributed by atoms with Crippen LogP contribution in [0.2, 0.25) is 0 Å². The van der Waals surface area contributed by atoms with Crippen molar-refractivity contribution in [2.75, 3.05) is 18.4 Å². The van der Waals surface area contributed by atoms with Crippen molar-refractivity contribution < 1.29 is 9.53 Å². The van der Waals surface area contributed by atoms with E-state index in [1.54, 1.807) is 4.90 Å². The fourth-order valence-electron chi connectivity index (χ4n) is 3.43. The Hall–Kier alpha value is -2.76. The predicted octanol–water partition coefficient (Wildman–Crippen LogP) is 4.14. The summed E-state index contributed by atoms with van der Waals surface area (Å²) in [6.07, 6.45) is 2.56. The van der Waals surface area contributed by atoms with Crippen LogP contribution in [0.15, 0.2) is 36.5 Å². The van der Waals surface area contributed by atoms with E-state index in [4.69, 9.17) is 9.72 Å². The molecule has 1 aliphatic rings. The van der Waals surface area contributed by atoms with Crippen LogP contribution in [0.5, 0.6) is 0 Å². The maximum atomic E-state index is 12.3. The summed E-state index contributed by atoms with van der Waals surface area (Å²) in [6, 6.07) is 10.3. The Morgan fingerprint density at radius 1 is 1.27 bits per heavy atom. The van der Waals surface area contributed by atoms with Crippen molar-refractivity contribution in [1.82, 2.24) is 14.9 Å². The van der Waals surface area contributed by atoms with E-state index in [1.807, 2.05) is 51.2 Å². The lowest BCUT2D eigenvalue weighted by molar-refractivity contribution is 0.0293. The van der Waals surface area contributed by atoms with Crippen molar-refractivity contribution in [1.29, 1.82) is 0 Å². The number of aromatic amines is 1. The molecular weight excluding hydrogens is 328 g/mol. The summed E-state index contributed by atoms with van der Waals surface area (Å²) < 4.78 is 5.47. The van der Waals surface area contributed by atoms with Gasteiger partial charge in [0.05, 0.1) is 11.0 Å². The Bertz CT molecular complexity index is 957. The van der Waals surface area contributed by atoms with Crippen molar-refractivity contribution in [2.24, 2.45) is 0 Å². The summed E-state index contributed by atoms with van der Waals surface area (Å²) >= 11 is 0. The molecule has 1 atom stereocenters. The fraction of sp³-hybridized carbons (Fsp3) is 0.400. The molecule has 1 aliphatic heterocycles. The molecule has 4 rings (SSSR count). The number of H-pyrrole nitrogens is 1. The summed E-state index contributed by atoms with van der Waals surface area (Å²) in [7, 11) is 0. The third kappa shape index (κ3) is 3.19. The van der Waals surface area contributed by atoms with Gasteiger partial charge in [0, 0.05) is 36.1 Å². The van der Waals surface area contributed by atoms with Crippen LogP contribution >= 0.6 is 0 Å². The van der Waals surface area contributed by atoms with Gasteiger partial charge in [0.15, 0.2) is 0 Å². The van der Waals surface area contributed by atoms with Crippen molar-refractivity contribution in [3.05, 3.63) is 36.5 Å². The van der Waals surface area contributed by atoms with Gasteiger partial charge in [-0.25, -0.2) is 9.78 Å². The number of ether oxygens (including phenoxy) is 1. The number of benzene rings is 1. The third-order valence-corrected chi connectivity index (χ3v) is 4.59. The first-order chi connectivity index (χ1) is 12.4. The summed E-state index contributed by atoms with van der Waals surface area (Å²) in [5.74, 6) is 0.857. The van der Waals surface area contributed by atoms with E-state index in [0.717, 1.165) is 34.0 Å². The van der Waals surface area contributed by atoms with E-state index in [2.05, 4.69) is 16.4 Å². The molecule has 6 heteroatoms. The molecule has 3 aromatic rings. The molecule has 1 unspecified atom stereocenters. The second kappa shape index (κ2) is 6.20. The summed E-state index contributed by atoms with van der Waals surface area (Å²) in [6.45, 7) is 6.97. The highest BCUT2D eigenvalue weighted by molar-refractivity contribution is 6.08. The van der Waals surface area contributed by atoms with Crippen LogP contribution < -0.4 is 5.32 Å². The molecule has 6 nitrogen and oxygen atoms in total. The number of nitrogens with one attached hydrogen (secondary N) is 2. The second-order valence-electron chi connectivity index (χ2n) is 7.80. The lowest BCUT2D eigenvalue weighted by atomic mass is 10.1. The molecule has 1 fully saturated rings. The number of carbonyl (C=O) groups excluding carboxylic acids is 1. The van der Waals surface area contributed by atoms with Crippen LogP contribution in [0.1, 0.15) is 27.2 Å². The molecule has 0 saturated carbocycles. The van der Waals surface area contributed by atoms with Gasteiger partial charge in [0.25, 0.3) is 0 Å². The lowest BCUT2D eigenvalue weighted by Gasteiger charge is -2.24. The number of anilines is 1. The number of para-hydroxylation sites is 1. The van der Waals surface area contributed by atoms with Gasteiger partial charge in [0.1, 0.15) is 11.4 Å². The highest BCUT2D eigenvalue weighted by Crippen LogP contribution is 2.29. The van der Waals surface area contributed by atoms with Gasteiger partial charge in [-0.1, -0.05) is 18.2 Å². The van der Waals surface area contributed by atoms with Gasteiger partial charge in [-0.05, 0) is 39.3 Å². The van der Waals surface area contributed by atoms with Crippen LogP contribution in [-0.4, -0.2) is 45.7 Å². The molecule has 1 aromatic carbocycles. The Labute approximate surface area is 152 Å². The molecule has 3 heterocycles. The Kier molecular flexibility index (Phi) is 3.98. The number of aromatic nitrogens is 2. The van der Waals surface area contributed by atoms with Gasteiger partial charge >= 0.3 is 6.09 Å². The van der Waals surface area contributed by atoms with Crippen LogP contribution in [0.25, 0.3) is 21.8 Å². The zero-order chi connectivity index (χ0) is 18.3.